The Bertz CT molecular complexity index is 15.7. The van der Waals surface area contributed by atoms with Gasteiger partial charge < -0.3 is 10.6 Å². The molecule has 0 rings (SSSR count). The van der Waals surface area contributed by atoms with Gasteiger partial charge in [0.2, 0.25) is 0 Å². The van der Waals surface area contributed by atoms with E-state index in [-0.39, 0.29) is 10.3 Å². The van der Waals surface area contributed by atoms with Crippen molar-refractivity contribution in [2.75, 3.05) is 7.11 Å². The zero-order chi connectivity index (χ0) is 5.58. The highest BCUT2D eigenvalue weighted by atomic mass is 35.5. The fraction of sp³-hybridized carbons (Fsp3) is 1.00. The highest BCUT2D eigenvalue weighted by Gasteiger charge is 1.75. The lowest BCUT2D eigenvalue weighted by Gasteiger charge is -1.72. The number of halogens is 2. The van der Waals surface area contributed by atoms with E-state index in [0.29, 0.717) is 0 Å². The standard InChI is InChI=1S/C2H4Cl2.CH4O.H2O/c1-2(3)4;1-2;/h2H,1H3;2H,1H3;1H2. The summed E-state index contributed by atoms with van der Waals surface area (Å²) in [5.41, 5.74) is 0. The molecular formula is C3H10Cl2O2. The zero-order valence-electron chi connectivity index (χ0n) is 4.28. The predicted octanol–water partition coefficient (Wildman–Crippen LogP) is 0.594. The van der Waals surface area contributed by atoms with Crippen molar-refractivity contribution in [3.05, 3.63) is 0 Å². The second-order valence-corrected chi connectivity index (χ2v) is 2.05. The van der Waals surface area contributed by atoms with Crippen LogP contribution in [0.2, 0.25) is 0 Å². The molecule has 0 saturated carbocycles. The Labute approximate surface area is 53.4 Å². The molecule has 0 bridgehead atoms. The molecule has 0 aliphatic carbocycles. The molecule has 0 saturated heterocycles. The van der Waals surface area contributed by atoms with Gasteiger partial charge in [0.05, 0.1) is 0 Å². The van der Waals surface area contributed by atoms with Crippen LogP contribution in [0.15, 0.2) is 0 Å². The van der Waals surface area contributed by atoms with Crippen LogP contribution in [0.3, 0.4) is 0 Å². The Balaban J connectivity index is -0.0000000480. The second kappa shape index (κ2) is 16.1. The van der Waals surface area contributed by atoms with E-state index in [1.165, 1.54) is 0 Å². The van der Waals surface area contributed by atoms with Gasteiger partial charge in [-0.3, -0.25) is 0 Å². The first-order chi connectivity index (χ1) is 2.73. The highest BCUT2D eigenvalue weighted by Crippen LogP contribution is 1.95. The summed E-state index contributed by atoms with van der Waals surface area (Å²) in [6.07, 6.45) is 0. The number of aliphatic hydroxyl groups is 1. The van der Waals surface area contributed by atoms with Gasteiger partial charge in [-0.1, -0.05) is 0 Å². The summed E-state index contributed by atoms with van der Waals surface area (Å²) < 4.78 is 0. The minimum atomic E-state index is -0.222. The summed E-state index contributed by atoms with van der Waals surface area (Å²) in [5, 5.41) is 7.00. The third-order valence-electron chi connectivity index (χ3n) is 0. The lowest BCUT2D eigenvalue weighted by molar-refractivity contribution is 0.399. The molecule has 2 nitrogen and oxygen atoms in total. The molecule has 0 atom stereocenters. The minimum absolute atomic E-state index is 0. The van der Waals surface area contributed by atoms with Crippen molar-refractivity contribution in [3.63, 3.8) is 0 Å². The van der Waals surface area contributed by atoms with Gasteiger partial charge in [-0.05, 0) is 6.92 Å². The van der Waals surface area contributed by atoms with Gasteiger partial charge in [-0.2, -0.15) is 0 Å². The summed E-state index contributed by atoms with van der Waals surface area (Å²) in [6, 6.07) is 0. The Morgan fingerprint density at radius 3 is 1.29 bits per heavy atom. The van der Waals surface area contributed by atoms with Gasteiger partial charge in [0.25, 0.3) is 0 Å². The number of alkyl halides is 2. The molecule has 4 heteroatoms. The van der Waals surface area contributed by atoms with Crippen molar-refractivity contribution in [1.29, 1.82) is 0 Å². The molecule has 48 valence electrons. The fourth-order valence-corrected chi connectivity index (χ4v) is 0. The molecule has 0 amide bonds. The number of hydrogen-bond acceptors (Lipinski definition) is 1. The van der Waals surface area contributed by atoms with E-state index in [2.05, 4.69) is 0 Å². The van der Waals surface area contributed by atoms with Gasteiger partial charge in [-0.25, -0.2) is 0 Å². The highest BCUT2D eigenvalue weighted by molar-refractivity contribution is 6.43. The fourth-order valence-electron chi connectivity index (χ4n) is 0. The third-order valence-corrected chi connectivity index (χ3v) is 0. The Kier molecular flexibility index (Phi) is 35.9. The first kappa shape index (κ1) is 15.6. The first-order valence-electron chi connectivity index (χ1n) is 1.46. The van der Waals surface area contributed by atoms with Crippen LogP contribution < -0.4 is 0 Å². The lowest BCUT2D eigenvalue weighted by Crippen LogP contribution is -1.63. The van der Waals surface area contributed by atoms with E-state index >= 15 is 0 Å². The molecule has 0 aromatic heterocycles. The van der Waals surface area contributed by atoms with Crippen LogP contribution in [0.5, 0.6) is 0 Å². The van der Waals surface area contributed by atoms with Gasteiger partial charge in [0, 0.05) is 7.11 Å². The molecule has 7 heavy (non-hydrogen) atoms. The number of hydrogen-bond donors (Lipinski definition) is 1. The quantitative estimate of drug-likeness (QED) is 0.503. The van der Waals surface area contributed by atoms with Crippen LogP contribution in [0.25, 0.3) is 0 Å². The van der Waals surface area contributed by atoms with Crippen molar-refractivity contribution >= 4 is 23.2 Å². The van der Waals surface area contributed by atoms with E-state index in [4.69, 9.17) is 28.3 Å². The number of aliphatic hydroxyl groups excluding tert-OH is 1. The van der Waals surface area contributed by atoms with Crippen LogP contribution >= 0.6 is 23.2 Å². The molecule has 3 N–H and O–H groups in total. The third kappa shape index (κ3) is 527. The van der Waals surface area contributed by atoms with E-state index in [1.807, 2.05) is 0 Å². The van der Waals surface area contributed by atoms with Crippen molar-refractivity contribution in [3.8, 4) is 0 Å². The van der Waals surface area contributed by atoms with Crippen LogP contribution in [0.1, 0.15) is 6.92 Å². The molecule has 0 aromatic carbocycles. The second-order valence-electron chi connectivity index (χ2n) is 0.519. The van der Waals surface area contributed by atoms with Gasteiger partial charge in [-0.15, -0.1) is 23.2 Å². The largest absolute Gasteiger partial charge is 0.412 e. The van der Waals surface area contributed by atoms with Gasteiger partial charge in [0.15, 0.2) is 0 Å². The molecule has 0 aliphatic heterocycles. The summed E-state index contributed by atoms with van der Waals surface area (Å²) in [6.45, 7) is 1.70. The molecule has 0 radical (unpaired) electrons. The maximum atomic E-state index is 7.00. The maximum Gasteiger partial charge on any atom is 0.105 e. The van der Waals surface area contributed by atoms with Crippen molar-refractivity contribution in [2.24, 2.45) is 0 Å². The van der Waals surface area contributed by atoms with Crippen LogP contribution in [0.4, 0.5) is 0 Å². The van der Waals surface area contributed by atoms with Crippen LogP contribution in [-0.4, -0.2) is 22.5 Å². The van der Waals surface area contributed by atoms with E-state index in [0.717, 1.165) is 7.11 Å². The Morgan fingerprint density at radius 2 is 1.29 bits per heavy atom. The number of rotatable bonds is 0. The SMILES string of the molecule is CC(Cl)Cl.CO.O. The zero-order valence-corrected chi connectivity index (χ0v) is 5.79. The molecule has 0 fully saturated rings. The van der Waals surface area contributed by atoms with E-state index < -0.39 is 0 Å². The minimum Gasteiger partial charge on any atom is -0.412 e. The molecule has 0 aromatic rings. The smallest absolute Gasteiger partial charge is 0.105 e. The monoisotopic (exact) mass is 148 g/mol. The van der Waals surface area contributed by atoms with E-state index in [9.17, 15) is 0 Å². The van der Waals surface area contributed by atoms with Crippen molar-refractivity contribution in [2.45, 2.75) is 11.8 Å². The Morgan fingerprint density at radius 1 is 1.29 bits per heavy atom. The molecule has 0 spiro atoms. The average molecular weight is 149 g/mol. The molecule has 0 aliphatic rings. The van der Waals surface area contributed by atoms with Gasteiger partial charge in [0.1, 0.15) is 4.84 Å². The summed E-state index contributed by atoms with van der Waals surface area (Å²) in [4.78, 5) is -0.222. The topological polar surface area (TPSA) is 51.7 Å². The van der Waals surface area contributed by atoms with E-state index in [1.54, 1.807) is 6.92 Å². The summed E-state index contributed by atoms with van der Waals surface area (Å²) >= 11 is 10.1. The van der Waals surface area contributed by atoms with Crippen molar-refractivity contribution < 1.29 is 10.6 Å². The summed E-state index contributed by atoms with van der Waals surface area (Å²) in [5.74, 6) is 0. The summed E-state index contributed by atoms with van der Waals surface area (Å²) in [7, 11) is 1.00. The molecule has 0 unspecified atom stereocenters. The molecule has 0 heterocycles. The van der Waals surface area contributed by atoms with Gasteiger partial charge >= 0.3 is 0 Å². The Hall–Kier alpha value is 0.500. The predicted molar refractivity (Wildman–Crippen MR) is 32.9 cm³/mol. The normalized spacial score (nSPS) is 6.00. The van der Waals surface area contributed by atoms with Crippen molar-refractivity contribution in [1.82, 2.24) is 0 Å². The van der Waals surface area contributed by atoms with Crippen LogP contribution in [-0.2, 0) is 0 Å². The molecular weight excluding hydrogens is 139 g/mol. The lowest BCUT2D eigenvalue weighted by atomic mass is 11.0. The van der Waals surface area contributed by atoms with Crippen LogP contribution in [0, 0.1) is 0 Å². The first-order valence-corrected chi connectivity index (χ1v) is 2.33. The maximum absolute atomic E-state index is 7.00. The average Bonchev–Trinajstić information content (AvgIpc) is 1.41.